The van der Waals surface area contributed by atoms with Crippen molar-refractivity contribution in [2.45, 2.75) is 37.0 Å². The molecule has 0 saturated heterocycles. The molecule has 3 nitrogen and oxygen atoms in total. The van der Waals surface area contributed by atoms with Gasteiger partial charge in [0.15, 0.2) is 9.84 Å². The van der Waals surface area contributed by atoms with Crippen LogP contribution in [0.3, 0.4) is 0 Å². The molecule has 1 aromatic rings. The predicted octanol–water partition coefficient (Wildman–Crippen LogP) is 3.30. The van der Waals surface area contributed by atoms with Crippen molar-refractivity contribution >= 4 is 27.1 Å². The molecule has 0 aliphatic carbocycles. The van der Waals surface area contributed by atoms with E-state index in [0.717, 1.165) is 12.8 Å². The van der Waals surface area contributed by atoms with Gasteiger partial charge in [-0.3, -0.25) is 0 Å². The highest BCUT2D eigenvalue weighted by Crippen LogP contribution is 2.22. The second kappa shape index (κ2) is 7.00. The van der Waals surface area contributed by atoms with Gasteiger partial charge in [0.05, 0.1) is 16.3 Å². The standard InChI is InChI=1S/C13H20ClNO2S/c1-3-11(14)9-10-15-12-7-5-6-8-13(12)18(16,17)4-2/h5-8,11,15H,3-4,9-10H2,1-2H3. The molecule has 0 aliphatic rings. The van der Waals surface area contributed by atoms with E-state index in [2.05, 4.69) is 5.32 Å². The number of halogens is 1. The van der Waals surface area contributed by atoms with Crippen molar-refractivity contribution in [2.75, 3.05) is 17.6 Å². The van der Waals surface area contributed by atoms with Crippen molar-refractivity contribution in [1.29, 1.82) is 0 Å². The van der Waals surface area contributed by atoms with Crippen LogP contribution in [0, 0.1) is 0 Å². The van der Waals surface area contributed by atoms with Gasteiger partial charge in [0.2, 0.25) is 0 Å². The van der Waals surface area contributed by atoms with Crippen molar-refractivity contribution < 1.29 is 8.42 Å². The Kier molecular flexibility index (Phi) is 5.96. The Bertz CT molecular complexity index is 474. The van der Waals surface area contributed by atoms with Crippen molar-refractivity contribution in [3.05, 3.63) is 24.3 Å². The number of sulfone groups is 1. The molecule has 0 bridgehead atoms. The Morgan fingerprint density at radius 1 is 1.28 bits per heavy atom. The van der Waals surface area contributed by atoms with Crippen LogP contribution in [0.1, 0.15) is 26.7 Å². The fourth-order valence-electron chi connectivity index (χ4n) is 1.61. The molecule has 0 heterocycles. The van der Waals surface area contributed by atoms with Gasteiger partial charge in [0.25, 0.3) is 0 Å². The summed E-state index contributed by atoms with van der Waals surface area (Å²) < 4.78 is 23.8. The Labute approximate surface area is 114 Å². The summed E-state index contributed by atoms with van der Waals surface area (Å²) in [4.78, 5) is 0.370. The number of anilines is 1. The molecule has 0 spiro atoms. The highest BCUT2D eigenvalue weighted by Gasteiger charge is 2.15. The second-order valence-corrected chi connectivity index (χ2v) is 6.98. The van der Waals surface area contributed by atoms with Gasteiger partial charge in [0.1, 0.15) is 0 Å². The third-order valence-electron chi connectivity index (χ3n) is 2.82. The SMILES string of the molecule is CCC(Cl)CCNc1ccccc1S(=O)(=O)CC. The van der Waals surface area contributed by atoms with Gasteiger partial charge in [0, 0.05) is 11.9 Å². The first-order chi connectivity index (χ1) is 8.51. The minimum absolute atomic E-state index is 0.110. The van der Waals surface area contributed by atoms with Crippen molar-refractivity contribution in [1.82, 2.24) is 0 Å². The van der Waals surface area contributed by atoms with Crippen LogP contribution in [-0.2, 0) is 9.84 Å². The van der Waals surface area contributed by atoms with E-state index in [-0.39, 0.29) is 11.1 Å². The van der Waals surface area contributed by atoms with E-state index in [0.29, 0.717) is 17.1 Å². The maximum Gasteiger partial charge on any atom is 0.180 e. The number of nitrogens with one attached hydrogen (secondary N) is 1. The van der Waals surface area contributed by atoms with Gasteiger partial charge in [-0.15, -0.1) is 11.6 Å². The lowest BCUT2D eigenvalue weighted by Crippen LogP contribution is -2.12. The monoisotopic (exact) mass is 289 g/mol. The predicted molar refractivity (Wildman–Crippen MR) is 77.2 cm³/mol. The van der Waals surface area contributed by atoms with Gasteiger partial charge in [-0.05, 0) is 25.0 Å². The van der Waals surface area contributed by atoms with Crippen LogP contribution in [0.4, 0.5) is 5.69 Å². The van der Waals surface area contributed by atoms with Crippen molar-refractivity contribution in [3.63, 3.8) is 0 Å². The topological polar surface area (TPSA) is 46.2 Å². The summed E-state index contributed by atoms with van der Waals surface area (Å²) >= 11 is 6.03. The summed E-state index contributed by atoms with van der Waals surface area (Å²) in [6, 6.07) is 7.00. The molecule has 0 amide bonds. The Morgan fingerprint density at radius 3 is 2.56 bits per heavy atom. The molecular formula is C13H20ClNO2S. The molecule has 18 heavy (non-hydrogen) atoms. The first kappa shape index (κ1) is 15.3. The quantitative estimate of drug-likeness (QED) is 0.784. The smallest absolute Gasteiger partial charge is 0.180 e. The number of para-hydroxylation sites is 1. The third kappa shape index (κ3) is 4.18. The Hall–Kier alpha value is -0.740. The molecule has 1 rings (SSSR count). The number of benzene rings is 1. The number of hydrogen-bond acceptors (Lipinski definition) is 3. The van der Waals surface area contributed by atoms with E-state index in [9.17, 15) is 8.42 Å². The fraction of sp³-hybridized carbons (Fsp3) is 0.538. The van der Waals surface area contributed by atoms with E-state index >= 15 is 0 Å². The molecule has 1 N–H and O–H groups in total. The van der Waals surface area contributed by atoms with Crippen LogP contribution < -0.4 is 5.32 Å². The molecule has 0 radical (unpaired) electrons. The van der Waals surface area contributed by atoms with Crippen LogP contribution in [-0.4, -0.2) is 26.1 Å². The maximum absolute atomic E-state index is 11.9. The van der Waals surface area contributed by atoms with Gasteiger partial charge in [-0.25, -0.2) is 8.42 Å². The average Bonchev–Trinajstić information content (AvgIpc) is 2.39. The largest absolute Gasteiger partial charge is 0.384 e. The van der Waals surface area contributed by atoms with E-state index in [1.807, 2.05) is 13.0 Å². The molecule has 0 fully saturated rings. The van der Waals surface area contributed by atoms with Crippen LogP contribution >= 0.6 is 11.6 Å². The van der Waals surface area contributed by atoms with Gasteiger partial charge in [-0.2, -0.15) is 0 Å². The molecule has 5 heteroatoms. The number of hydrogen-bond donors (Lipinski definition) is 1. The minimum Gasteiger partial charge on any atom is -0.384 e. The third-order valence-corrected chi connectivity index (χ3v) is 5.13. The number of alkyl halides is 1. The first-order valence-electron chi connectivity index (χ1n) is 6.21. The Balaban J connectivity index is 2.78. The lowest BCUT2D eigenvalue weighted by Gasteiger charge is -2.13. The van der Waals surface area contributed by atoms with Gasteiger partial charge >= 0.3 is 0 Å². The zero-order valence-corrected chi connectivity index (χ0v) is 12.4. The summed E-state index contributed by atoms with van der Waals surface area (Å²) in [5, 5.41) is 3.29. The second-order valence-electron chi connectivity index (χ2n) is 4.12. The molecule has 0 aliphatic heterocycles. The van der Waals surface area contributed by atoms with Crippen LogP contribution in [0.15, 0.2) is 29.2 Å². The van der Waals surface area contributed by atoms with Crippen LogP contribution in [0.5, 0.6) is 0 Å². The van der Waals surface area contributed by atoms with Gasteiger partial charge < -0.3 is 5.32 Å². The summed E-state index contributed by atoms with van der Waals surface area (Å²) in [5.74, 6) is 0.110. The summed E-state index contributed by atoms with van der Waals surface area (Å²) in [6.07, 6.45) is 1.73. The molecule has 1 atom stereocenters. The van der Waals surface area contributed by atoms with E-state index in [1.54, 1.807) is 25.1 Å². The zero-order chi connectivity index (χ0) is 13.6. The number of rotatable bonds is 7. The molecular weight excluding hydrogens is 270 g/mol. The zero-order valence-electron chi connectivity index (χ0n) is 10.8. The van der Waals surface area contributed by atoms with Crippen LogP contribution in [0.25, 0.3) is 0 Å². The van der Waals surface area contributed by atoms with E-state index in [4.69, 9.17) is 11.6 Å². The highest BCUT2D eigenvalue weighted by atomic mass is 35.5. The minimum atomic E-state index is -3.18. The van der Waals surface area contributed by atoms with Crippen LogP contribution in [0.2, 0.25) is 0 Å². The average molecular weight is 290 g/mol. The maximum atomic E-state index is 11.9. The normalized spacial score (nSPS) is 13.3. The van der Waals surface area contributed by atoms with E-state index < -0.39 is 9.84 Å². The molecule has 102 valence electrons. The molecule has 0 aromatic heterocycles. The molecule has 1 aromatic carbocycles. The summed E-state index contributed by atoms with van der Waals surface area (Å²) in [7, 11) is -3.18. The van der Waals surface area contributed by atoms with Crippen molar-refractivity contribution in [2.24, 2.45) is 0 Å². The van der Waals surface area contributed by atoms with Crippen molar-refractivity contribution in [3.8, 4) is 0 Å². The van der Waals surface area contributed by atoms with E-state index in [1.165, 1.54) is 0 Å². The Morgan fingerprint density at radius 2 is 1.94 bits per heavy atom. The summed E-state index contributed by atoms with van der Waals surface area (Å²) in [5.41, 5.74) is 0.666. The molecule has 0 saturated carbocycles. The molecule has 1 unspecified atom stereocenters. The lowest BCUT2D eigenvalue weighted by atomic mass is 10.2. The highest BCUT2D eigenvalue weighted by molar-refractivity contribution is 7.91. The fourth-order valence-corrected chi connectivity index (χ4v) is 2.79. The van der Waals surface area contributed by atoms with Gasteiger partial charge in [-0.1, -0.05) is 26.0 Å². The summed E-state index contributed by atoms with van der Waals surface area (Å²) in [6.45, 7) is 4.36. The first-order valence-corrected chi connectivity index (χ1v) is 8.29. The lowest BCUT2D eigenvalue weighted by molar-refractivity contribution is 0.597.